The van der Waals surface area contributed by atoms with Crippen molar-refractivity contribution in [2.45, 2.75) is 18.9 Å². The maximum absolute atomic E-state index is 13.2. The van der Waals surface area contributed by atoms with E-state index in [1.165, 1.54) is 30.3 Å². The molecule has 0 spiro atoms. The van der Waals surface area contributed by atoms with E-state index in [9.17, 15) is 23.2 Å². The molecule has 3 N–H and O–H groups in total. The first kappa shape index (κ1) is 21.4. The van der Waals surface area contributed by atoms with Crippen molar-refractivity contribution < 1.29 is 27.9 Å². The number of carbonyl (C=O) groups excluding carboxylic acids is 3. The van der Waals surface area contributed by atoms with Crippen LogP contribution in [0.5, 0.6) is 0 Å². The molecule has 1 aliphatic rings. The molecule has 1 saturated heterocycles. The first-order valence-electron chi connectivity index (χ1n) is 9.48. The average Bonchev–Trinajstić information content (AvgIpc) is 3.28. The number of carbonyl (C=O) groups is 3. The molecule has 0 saturated carbocycles. The Morgan fingerprint density at radius 3 is 2.27 bits per heavy atom. The number of anilines is 1. The Bertz CT molecular complexity index is 928. The van der Waals surface area contributed by atoms with E-state index in [2.05, 4.69) is 16.0 Å². The van der Waals surface area contributed by atoms with Gasteiger partial charge in [-0.25, -0.2) is 8.78 Å². The number of halogens is 2. The van der Waals surface area contributed by atoms with E-state index in [1.54, 1.807) is 0 Å². The van der Waals surface area contributed by atoms with Crippen LogP contribution >= 0.6 is 0 Å². The van der Waals surface area contributed by atoms with Crippen molar-refractivity contribution in [3.05, 3.63) is 65.2 Å². The molecule has 1 aliphatic heterocycles. The Labute approximate surface area is 171 Å². The molecule has 0 radical (unpaired) electrons. The van der Waals surface area contributed by atoms with Gasteiger partial charge in [-0.05, 0) is 55.3 Å². The van der Waals surface area contributed by atoms with Crippen LogP contribution in [0.1, 0.15) is 33.6 Å². The molecule has 0 bridgehead atoms. The van der Waals surface area contributed by atoms with Crippen molar-refractivity contribution in [3.8, 4) is 0 Å². The van der Waals surface area contributed by atoms with Gasteiger partial charge in [0.25, 0.3) is 11.8 Å². The molecule has 7 nitrogen and oxygen atoms in total. The molecule has 158 valence electrons. The molecule has 1 heterocycles. The van der Waals surface area contributed by atoms with E-state index in [1.807, 2.05) is 0 Å². The van der Waals surface area contributed by atoms with Crippen LogP contribution < -0.4 is 16.0 Å². The molecule has 3 rings (SSSR count). The standard InChI is InChI=1S/C21H21F2N3O4/c22-16-8-5-14(12-17(16)23)20(28)26-15-6-3-13(4-7-15)19(27)24-9-10-25-21(29)18-2-1-11-30-18/h3-8,12,18H,1-2,9-11H2,(H,24,27)(H,25,29)(H,26,28). The minimum absolute atomic E-state index is 0.0271. The van der Waals surface area contributed by atoms with Crippen LogP contribution in [0.4, 0.5) is 14.5 Å². The Kier molecular flexibility index (Phi) is 7.08. The lowest BCUT2D eigenvalue weighted by Gasteiger charge is -2.11. The van der Waals surface area contributed by atoms with Crippen molar-refractivity contribution in [2.75, 3.05) is 25.0 Å². The summed E-state index contributed by atoms with van der Waals surface area (Å²) in [5.41, 5.74) is 0.733. The zero-order valence-corrected chi connectivity index (χ0v) is 16.0. The monoisotopic (exact) mass is 417 g/mol. The molecule has 1 fully saturated rings. The van der Waals surface area contributed by atoms with Gasteiger partial charge in [-0.3, -0.25) is 14.4 Å². The molecular weight excluding hydrogens is 396 g/mol. The summed E-state index contributed by atoms with van der Waals surface area (Å²) in [4.78, 5) is 36.1. The van der Waals surface area contributed by atoms with Crippen LogP contribution in [0.25, 0.3) is 0 Å². The van der Waals surface area contributed by atoms with Crippen LogP contribution in [0.2, 0.25) is 0 Å². The molecule has 30 heavy (non-hydrogen) atoms. The second-order valence-corrected chi connectivity index (χ2v) is 6.71. The van der Waals surface area contributed by atoms with Gasteiger partial charge in [0.05, 0.1) is 0 Å². The van der Waals surface area contributed by atoms with Crippen LogP contribution in [0.15, 0.2) is 42.5 Å². The number of hydrogen-bond donors (Lipinski definition) is 3. The Balaban J connectivity index is 1.45. The third kappa shape index (κ3) is 5.60. The smallest absolute Gasteiger partial charge is 0.255 e. The molecule has 0 aliphatic carbocycles. The van der Waals surface area contributed by atoms with Gasteiger partial charge in [-0.1, -0.05) is 0 Å². The van der Waals surface area contributed by atoms with E-state index in [4.69, 9.17) is 4.74 Å². The number of hydrogen-bond acceptors (Lipinski definition) is 4. The summed E-state index contributed by atoms with van der Waals surface area (Å²) in [6, 6.07) is 8.93. The molecule has 2 aromatic rings. The molecular formula is C21H21F2N3O4. The van der Waals surface area contributed by atoms with Crippen molar-refractivity contribution in [2.24, 2.45) is 0 Å². The number of nitrogens with one attached hydrogen (secondary N) is 3. The van der Waals surface area contributed by atoms with Gasteiger partial charge in [-0.2, -0.15) is 0 Å². The van der Waals surface area contributed by atoms with Crippen LogP contribution in [-0.2, 0) is 9.53 Å². The summed E-state index contributed by atoms with van der Waals surface area (Å²) >= 11 is 0. The molecule has 3 amide bonds. The molecule has 9 heteroatoms. The fourth-order valence-electron chi connectivity index (χ4n) is 2.91. The predicted molar refractivity (Wildman–Crippen MR) is 105 cm³/mol. The molecule has 0 aromatic heterocycles. The summed E-state index contributed by atoms with van der Waals surface area (Å²) in [6.45, 7) is 1.13. The second kappa shape index (κ2) is 9.93. The summed E-state index contributed by atoms with van der Waals surface area (Å²) in [6.07, 6.45) is 1.17. The summed E-state index contributed by atoms with van der Waals surface area (Å²) < 4.78 is 31.5. The van der Waals surface area contributed by atoms with Gasteiger partial charge < -0.3 is 20.7 Å². The Hall–Kier alpha value is -3.33. The van der Waals surface area contributed by atoms with Crippen molar-refractivity contribution in [3.63, 3.8) is 0 Å². The fourth-order valence-corrected chi connectivity index (χ4v) is 2.91. The van der Waals surface area contributed by atoms with Gasteiger partial charge in [-0.15, -0.1) is 0 Å². The van der Waals surface area contributed by atoms with Gasteiger partial charge in [0.1, 0.15) is 6.10 Å². The summed E-state index contributed by atoms with van der Waals surface area (Å²) in [5, 5.41) is 7.94. The highest BCUT2D eigenvalue weighted by Crippen LogP contribution is 2.14. The Morgan fingerprint density at radius 1 is 0.900 bits per heavy atom. The van der Waals surface area contributed by atoms with Gasteiger partial charge in [0.15, 0.2) is 11.6 Å². The van der Waals surface area contributed by atoms with Crippen LogP contribution in [0.3, 0.4) is 0 Å². The number of ether oxygens (including phenoxy) is 1. The maximum atomic E-state index is 13.2. The SMILES string of the molecule is O=C(NCCNC(=O)C1CCCO1)c1ccc(NC(=O)c2ccc(F)c(F)c2)cc1. The lowest BCUT2D eigenvalue weighted by molar-refractivity contribution is -0.129. The van der Waals surface area contributed by atoms with Crippen molar-refractivity contribution >= 4 is 23.4 Å². The van der Waals surface area contributed by atoms with E-state index < -0.39 is 23.6 Å². The number of rotatable bonds is 7. The highest BCUT2D eigenvalue weighted by Gasteiger charge is 2.22. The molecule has 2 aromatic carbocycles. The summed E-state index contributed by atoms with van der Waals surface area (Å²) in [5.74, 6) is -3.26. The van der Waals surface area contributed by atoms with Gasteiger partial charge in [0, 0.05) is 36.5 Å². The van der Waals surface area contributed by atoms with E-state index in [0.717, 1.165) is 18.6 Å². The first-order valence-corrected chi connectivity index (χ1v) is 9.48. The minimum atomic E-state index is -1.11. The third-order valence-electron chi connectivity index (χ3n) is 4.52. The third-order valence-corrected chi connectivity index (χ3v) is 4.52. The van der Waals surface area contributed by atoms with Crippen LogP contribution in [-0.4, -0.2) is 43.5 Å². The zero-order chi connectivity index (χ0) is 21.5. The number of benzene rings is 2. The van der Waals surface area contributed by atoms with Crippen molar-refractivity contribution in [1.29, 1.82) is 0 Å². The molecule has 1 unspecified atom stereocenters. The van der Waals surface area contributed by atoms with Gasteiger partial charge >= 0.3 is 0 Å². The highest BCUT2D eigenvalue weighted by atomic mass is 19.2. The van der Waals surface area contributed by atoms with E-state index in [-0.39, 0.29) is 30.5 Å². The maximum Gasteiger partial charge on any atom is 0.255 e. The van der Waals surface area contributed by atoms with E-state index in [0.29, 0.717) is 24.3 Å². The van der Waals surface area contributed by atoms with E-state index >= 15 is 0 Å². The second-order valence-electron chi connectivity index (χ2n) is 6.71. The quantitative estimate of drug-likeness (QED) is 0.602. The lowest BCUT2D eigenvalue weighted by atomic mass is 10.1. The van der Waals surface area contributed by atoms with Crippen molar-refractivity contribution in [1.82, 2.24) is 10.6 Å². The average molecular weight is 417 g/mol. The van der Waals surface area contributed by atoms with Gasteiger partial charge in [0.2, 0.25) is 5.91 Å². The number of amides is 3. The minimum Gasteiger partial charge on any atom is -0.368 e. The molecule has 1 atom stereocenters. The Morgan fingerprint density at radius 2 is 1.60 bits per heavy atom. The van der Waals surface area contributed by atoms with Crippen LogP contribution in [0, 0.1) is 11.6 Å². The topological polar surface area (TPSA) is 96.5 Å². The lowest BCUT2D eigenvalue weighted by Crippen LogP contribution is -2.39. The normalized spacial score (nSPS) is 15.5. The largest absolute Gasteiger partial charge is 0.368 e. The fraction of sp³-hybridized carbons (Fsp3) is 0.286. The predicted octanol–water partition coefficient (Wildman–Crippen LogP) is 2.24. The summed E-state index contributed by atoms with van der Waals surface area (Å²) in [7, 11) is 0. The zero-order valence-electron chi connectivity index (χ0n) is 16.0. The first-order chi connectivity index (χ1) is 14.4. The highest BCUT2D eigenvalue weighted by molar-refractivity contribution is 6.04.